The lowest BCUT2D eigenvalue weighted by Crippen LogP contribution is -2.33. The highest BCUT2D eigenvalue weighted by Gasteiger charge is 2.31. The second kappa shape index (κ2) is 10.9. The first-order valence-corrected chi connectivity index (χ1v) is 12.8. The standard InChI is InChI=1S/C22H22BrClN4O5S/c1-2-32-21(29)13-27-18-7-5-8-19(15(18)12-26-27)28(34(30)31)14-10-16(23)22(25-11-14)33-20-9-4-3-6-17(20)24/h3-4,6,9-12,19H,2,5,7-8,13H2,1H3,(H,30,31)/p-1. The number of carbonyl (C=O) groups is 1. The van der Waals surface area contributed by atoms with Gasteiger partial charge in [-0.15, -0.1) is 0 Å². The predicted molar refractivity (Wildman–Crippen MR) is 129 cm³/mol. The number of aromatic nitrogens is 3. The minimum atomic E-state index is -2.59. The summed E-state index contributed by atoms with van der Waals surface area (Å²) >= 11 is 6.99. The van der Waals surface area contributed by atoms with Gasteiger partial charge in [-0.05, 0) is 60.3 Å². The van der Waals surface area contributed by atoms with Crippen LogP contribution in [0.5, 0.6) is 11.6 Å². The van der Waals surface area contributed by atoms with Gasteiger partial charge in [0.05, 0.1) is 40.2 Å². The molecule has 2 aromatic heterocycles. The van der Waals surface area contributed by atoms with E-state index in [4.69, 9.17) is 21.1 Å². The molecule has 1 aliphatic rings. The number of nitrogens with zero attached hydrogens (tertiary/aromatic N) is 4. The number of hydrogen-bond acceptors (Lipinski definition) is 7. The molecule has 9 nitrogen and oxygen atoms in total. The Morgan fingerprint density at radius 2 is 2.18 bits per heavy atom. The molecule has 0 saturated heterocycles. The van der Waals surface area contributed by atoms with E-state index in [2.05, 4.69) is 26.0 Å². The van der Waals surface area contributed by atoms with E-state index in [1.54, 1.807) is 48.1 Å². The summed E-state index contributed by atoms with van der Waals surface area (Å²) in [6.45, 7) is 2.01. The van der Waals surface area contributed by atoms with Crippen LogP contribution in [-0.4, -0.2) is 36.1 Å². The van der Waals surface area contributed by atoms with Crippen LogP contribution in [0.1, 0.15) is 37.1 Å². The predicted octanol–water partition coefficient (Wildman–Crippen LogP) is 4.73. The molecule has 2 unspecified atom stereocenters. The third kappa shape index (κ3) is 5.27. The summed E-state index contributed by atoms with van der Waals surface area (Å²) in [6.07, 6.45) is 5.08. The highest BCUT2D eigenvalue weighted by atomic mass is 79.9. The van der Waals surface area contributed by atoms with E-state index in [9.17, 15) is 13.6 Å². The fourth-order valence-corrected chi connectivity index (χ4v) is 5.21. The second-order valence-corrected chi connectivity index (χ2v) is 9.56. The van der Waals surface area contributed by atoms with E-state index in [0.29, 0.717) is 33.8 Å². The average molecular weight is 569 g/mol. The van der Waals surface area contributed by atoms with Crippen molar-refractivity contribution in [2.75, 3.05) is 10.9 Å². The van der Waals surface area contributed by atoms with Crippen molar-refractivity contribution in [1.29, 1.82) is 0 Å². The number of pyridine rings is 1. The Balaban J connectivity index is 1.62. The number of benzene rings is 1. The van der Waals surface area contributed by atoms with Crippen LogP contribution in [0, 0.1) is 0 Å². The number of halogens is 2. The topological polar surface area (TPSA) is 110 Å². The van der Waals surface area contributed by atoms with Crippen LogP contribution >= 0.6 is 27.5 Å². The van der Waals surface area contributed by atoms with E-state index in [-0.39, 0.29) is 25.0 Å². The quantitative estimate of drug-likeness (QED) is 0.285. The lowest BCUT2D eigenvalue weighted by molar-refractivity contribution is -0.144. The van der Waals surface area contributed by atoms with E-state index in [1.807, 2.05) is 0 Å². The van der Waals surface area contributed by atoms with Gasteiger partial charge in [0.1, 0.15) is 12.3 Å². The molecular formula is C22H21BrClN4O5S-. The zero-order chi connectivity index (χ0) is 24.2. The second-order valence-electron chi connectivity index (χ2n) is 7.47. The normalized spacial score (nSPS) is 15.9. The number of para-hydroxylation sites is 1. The minimum absolute atomic E-state index is 0.0163. The molecule has 1 aromatic carbocycles. The van der Waals surface area contributed by atoms with Gasteiger partial charge in [0.2, 0.25) is 5.88 Å². The highest BCUT2D eigenvalue weighted by Crippen LogP contribution is 2.40. The average Bonchev–Trinajstić information content (AvgIpc) is 3.20. The van der Waals surface area contributed by atoms with Crippen molar-refractivity contribution in [2.24, 2.45) is 0 Å². The van der Waals surface area contributed by atoms with Crippen LogP contribution in [0.4, 0.5) is 5.69 Å². The van der Waals surface area contributed by atoms with Crippen LogP contribution in [0.3, 0.4) is 0 Å². The number of esters is 1. The molecule has 2 heterocycles. The van der Waals surface area contributed by atoms with Gasteiger partial charge in [0.25, 0.3) is 0 Å². The van der Waals surface area contributed by atoms with Gasteiger partial charge in [0.15, 0.2) is 0 Å². The van der Waals surface area contributed by atoms with Crippen molar-refractivity contribution >= 4 is 50.5 Å². The van der Waals surface area contributed by atoms with Gasteiger partial charge in [-0.25, -0.2) is 4.98 Å². The van der Waals surface area contributed by atoms with Crippen LogP contribution < -0.4 is 9.04 Å². The first-order valence-electron chi connectivity index (χ1n) is 10.6. The van der Waals surface area contributed by atoms with Crippen molar-refractivity contribution in [3.8, 4) is 11.6 Å². The summed E-state index contributed by atoms with van der Waals surface area (Å²) in [6, 6.07) is 8.13. The summed E-state index contributed by atoms with van der Waals surface area (Å²) in [5, 5.41) is 4.75. The molecule has 0 saturated carbocycles. The largest absolute Gasteiger partial charge is 0.755 e. The van der Waals surface area contributed by atoms with Gasteiger partial charge in [-0.1, -0.05) is 23.7 Å². The molecule has 0 spiro atoms. The van der Waals surface area contributed by atoms with Crippen LogP contribution in [-0.2, 0) is 33.8 Å². The zero-order valence-corrected chi connectivity index (χ0v) is 21.3. The monoisotopic (exact) mass is 567 g/mol. The Labute approximate surface area is 212 Å². The van der Waals surface area contributed by atoms with Gasteiger partial charge in [-0.2, -0.15) is 5.10 Å². The number of rotatable bonds is 8. The third-order valence-electron chi connectivity index (χ3n) is 5.35. The third-order valence-corrected chi connectivity index (χ3v) is 7.02. The fraction of sp³-hybridized carbons (Fsp3) is 0.318. The van der Waals surface area contributed by atoms with Gasteiger partial charge in [-0.3, -0.25) is 18.0 Å². The Hall–Kier alpha value is -2.47. The molecule has 180 valence electrons. The summed E-state index contributed by atoms with van der Waals surface area (Å²) in [5.74, 6) is 0.294. The molecule has 2 atom stereocenters. The Morgan fingerprint density at radius 3 is 2.88 bits per heavy atom. The van der Waals surface area contributed by atoms with E-state index < -0.39 is 17.3 Å². The van der Waals surface area contributed by atoms with Crippen molar-refractivity contribution < 1.29 is 23.0 Å². The number of carbonyl (C=O) groups excluding carboxylic acids is 1. The van der Waals surface area contributed by atoms with Crippen LogP contribution in [0.2, 0.25) is 5.02 Å². The molecule has 0 N–H and O–H groups in total. The molecule has 0 fully saturated rings. The van der Waals surface area contributed by atoms with Gasteiger partial charge in [0, 0.05) is 22.5 Å². The van der Waals surface area contributed by atoms with Crippen molar-refractivity contribution in [3.63, 3.8) is 0 Å². The molecule has 1 aliphatic carbocycles. The van der Waals surface area contributed by atoms with E-state index in [1.165, 1.54) is 10.5 Å². The maximum Gasteiger partial charge on any atom is 0.327 e. The summed E-state index contributed by atoms with van der Waals surface area (Å²) < 4.78 is 38.8. The van der Waals surface area contributed by atoms with E-state index >= 15 is 0 Å². The van der Waals surface area contributed by atoms with Gasteiger partial charge < -0.3 is 14.0 Å². The number of hydrogen-bond donors (Lipinski definition) is 0. The maximum atomic E-state index is 12.3. The van der Waals surface area contributed by atoms with Crippen LogP contribution in [0.25, 0.3) is 0 Å². The molecule has 34 heavy (non-hydrogen) atoms. The Kier molecular flexibility index (Phi) is 7.87. The van der Waals surface area contributed by atoms with E-state index in [0.717, 1.165) is 17.7 Å². The van der Waals surface area contributed by atoms with Crippen molar-refractivity contribution in [3.05, 3.63) is 63.5 Å². The molecule has 12 heteroatoms. The van der Waals surface area contributed by atoms with Crippen molar-refractivity contribution in [2.45, 2.75) is 38.8 Å². The molecule has 0 bridgehead atoms. The fourth-order valence-electron chi connectivity index (χ4n) is 3.92. The Bertz CT molecular complexity index is 1220. The van der Waals surface area contributed by atoms with Gasteiger partial charge >= 0.3 is 5.97 Å². The first-order chi connectivity index (χ1) is 16.4. The summed E-state index contributed by atoms with van der Waals surface area (Å²) in [5.41, 5.74) is 1.94. The molecule has 0 amide bonds. The lowest BCUT2D eigenvalue weighted by Gasteiger charge is -2.36. The summed E-state index contributed by atoms with van der Waals surface area (Å²) in [7, 11) is 0. The maximum absolute atomic E-state index is 12.3. The molecule has 0 radical (unpaired) electrons. The smallest absolute Gasteiger partial charge is 0.327 e. The highest BCUT2D eigenvalue weighted by molar-refractivity contribution is 9.10. The number of anilines is 1. The Morgan fingerprint density at radius 1 is 1.38 bits per heavy atom. The van der Waals surface area contributed by atoms with Crippen molar-refractivity contribution in [1.82, 2.24) is 14.8 Å². The lowest BCUT2D eigenvalue weighted by atomic mass is 9.92. The SMILES string of the molecule is CCOC(=O)Cn1ncc2c1CCCC2N(c1cnc(Oc2ccccc2Cl)c(Br)c1)S(=O)[O-]. The molecule has 0 aliphatic heterocycles. The molecule has 3 aromatic rings. The zero-order valence-electron chi connectivity index (χ0n) is 18.1. The minimum Gasteiger partial charge on any atom is -0.755 e. The molecule has 4 rings (SSSR count). The molecular weight excluding hydrogens is 548 g/mol. The summed E-state index contributed by atoms with van der Waals surface area (Å²) in [4.78, 5) is 16.2. The number of fused-ring (bicyclic) bond motifs is 1. The number of ether oxygens (including phenoxy) is 2. The van der Waals surface area contributed by atoms with Crippen LogP contribution in [0.15, 0.2) is 47.2 Å². The first kappa shape index (κ1) is 24.6.